The molecular weight excluding hydrogens is 370 g/mol. The topological polar surface area (TPSA) is 0 Å². The number of hydrogen-bond acceptors (Lipinski definition) is 0. The van der Waals surface area contributed by atoms with Crippen LogP contribution in [0.1, 0.15) is 16.5 Å². The molecule has 0 radical (unpaired) electrons. The van der Waals surface area contributed by atoms with Crippen molar-refractivity contribution in [3.05, 3.63) is 68.4 Å². The zero-order valence-corrected chi connectivity index (χ0v) is 12.6. The molecule has 0 aliphatic rings. The van der Waals surface area contributed by atoms with Gasteiger partial charge in [0.2, 0.25) is 0 Å². The van der Waals surface area contributed by atoms with Crippen LogP contribution in [-0.2, 0) is 0 Å². The average molecular weight is 378 g/mol. The molecule has 1 atom stereocenters. The highest BCUT2D eigenvalue weighted by Crippen LogP contribution is 2.35. The van der Waals surface area contributed by atoms with Crippen LogP contribution >= 0.6 is 43.5 Å². The van der Waals surface area contributed by atoms with Gasteiger partial charge in [-0.15, -0.1) is 11.6 Å². The summed E-state index contributed by atoms with van der Waals surface area (Å²) in [6, 6.07) is 12.1. The summed E-state index contributed by atoms with van der Waals surface area (Å²) in [6.45, 7) is 0. The van der Waals surface area contributed by atoms with E-state index in [2.05, 4.69) is 31.9 Å². The predicted octanol–water partition coefficient (Wildman–Crippen LogP) is 5.68. The van der Waals surface area contributed by atoms with E-state index >= 15 is 0 Å². The van der Waals surface area contributed by atoms with Gasteiger partial charge in [-0.1, -0.05) is 44.0 Å². The van der Waals surface area contributed by atoms with Crippen LogP contribution < -0.4 is 0 Å². The fraction of sp³-hybridized carbons (Fsp3) is 0.0769. The average Bonchev–Trinajstić information content (AvgIpc) is 2.31. The number of rotatable bonds is 2. The van der Waals surface area contributed by atoms with Crippen LogP contribution in [-0.4, -0.2) is 0 Å². The molecule has 88 valence electrons. The first-order valence-electron chi connectivity index (χ1n) is 4.92. The van der Waals surface area contributed by atoms with E-state index in [4.69, 9.17) is 11.6 Å². The Hall–Kier alpha value is -0.380. The van der Waals surface area contributed by atoms with Gasteiger partial charge in [0.1, 0.15) is 5.82 Å². The summed E-state index contributed by atoms with van der Waals surface area (Å²) >= 11 is 13.2. The Morgan fingerprint density at radius 3 is 2.53 bits per heavy atom. The maximum atomic E-state index is 13.1. The molecule has 17 heavy (non-hydrogen) atoms. The van der Waals surface area contributed by atoms with Gasteiger partial charge < -0.3 is 0 Å². The van der Waals surface area contributed by atoms with Crippen molar-refractivity contribution < 1.29 is 4.39 Å². The van der Waals surface area contributed by atoms with Gasteiger partial charge in [0, 0.05) is 8.95 Å². The van der Waals surface area contributed by atoms with Crippen molar-refractivity contribution in [2.24, 2.45) is 0 Å². The van der Waals surface area contributed by atoms with E-state index in [0.29, 0.717) is 0 Å². The molecule has 0 saturated carbocycles. The van der Waals surface area contributed by atoms with Crippen LogP contribution in [0, 0.1) is 5.82 Å². The zero-order valence-electron chi connectivity index (χ0n) is 8.63. The summed E-state index contributed by atoms with van der Waals surface area (Å²) < 4.78 is 15.0. The lowest BCUT2D eigenvalue weighted by molar-refractivity contribution is 0.626. The molecule has 0 amide bonds. The van der Waals surface area contributed by atoms with Crippen LogP contribution in [0.3, 0.4) is 0 Å². The standard InChI is InChI=1S/C13H8Br2ClF/c14-9-4-5-12(15)11(7-9)13(16)8-2-1-3-10(17)6-8/h1-7,13H. The van der Waals surface area contributed by atoms with Gasteiger partial charge >= 0.3 is 0 Å². The third-order valence-electron chi connectivity index (χ3n) is 2.37. The van der Waals surface area contributed by atoms with Crippen molar-refractivity contribution in [2.45, 2.75) is 5.38 Å². The fourth-order valence-corrected chi connectivity index (χ4v) is 2.86. The van der Waals surface area contributed by atoms with Gasteiger partial charge in [-0.25, -0.2) is 4.39 Å². The Balaban J connectivity index is 2.43. The van der Waals surface area contributed by atoms with E-state index in [1.54, 1.807) is 6.07 Å². The highest BCUT2D eigenvalue weighted by Gasteiger charge is 2.14. The van der Waals surface area contributed by atoms with E-state index < -0.39 is 0 Å². The maximum Gasteiger partial charge on any atom is 0.123 e. The summed E-state index contributed by atoms with van der Waals surface area (Å²) in [6.07, 6.45) is 0. The molecule has 2 rings (SSSR count). The Morgan fingerprint density at radius 1 is 1.06 bits per heavy atom. The Labute approximate surface area is 121 Å². The van der Waals surface area contributed by atoms with Crippen LogP contribution in [0.2, 0.25) is 0 Å². The van der Waals surface area contributed by atoms with E-state index in [-0.39, 0.29) is 11.2 Å². The molecule has 0 aliphatic carbocycles. The predicted molar refractivity (Wildman–Crippen MR) is 75.9 cm³/mol. The van der Waals surface area contributed by atoms with E-state index in [9.17, 15) is 4.39 Å². The quantitative estimate of drug-likeness (QED) is 0.590. The number of benzene rings is 2. The first-order valence-corrected chi connectivity index (χ1v) is 6.94. The first-order chi connectivity index (χ1) is 8.08. The highest BCUT2D eigenvalue weighted by molar-refractivity contribution is 9.11. The number of halogens is 4. The lowest BCUT2D eigenvalue weighted by Gasteiger charge is -2.13. The van der Waals surface area contributed by atoms with Gasteiger partial charge in [-0.2, -0.15) is 0 Å². The molecule has 0 N–H and O–H groups in total. The molecule has 0 aliphatic heterocycles. The minimum Gasteiger partial charge on any atom is -0.207 e. The van der Waals surface area contributed by atoms with Crippen molar-refractivity contribution in [3.63, 3.8) is 0 Å². The van der Waals surface area contributed by atoms with Gasteiger partial charge in [0.15, 0.2) is 0 Å². The molecule has 4 heteroatoms. The molecule has 2 aromatic rings. The van der Waals surface area contributed by atoms with Crippen molar-refractivity contribution in [1.29, 1.82) is 0 Å². The monoisotopic (exact) mass is 376 g/mol. The third kappa shape index (κ3) is 3.09. The van der Waals surface area contributed by atoms with Crippen molar-refractivity contribution in [3.8, 4) is 0 Å². The van der Waals surface area contributed by atoms with Gasteiger partial charge in [0.25, 0.3) is 0 Å². The van der Waals surface area contributed by atoms with E-state index in [1.807, 2.05) is 24.3 Å². The summed E-state index contributed by atoms with van der Waals surface area (Å²) in [5, 5.41) is -0.377. The second-order valence-electron chi connectivity index (χ2n) is 3.58. The second-order valence-corrected chi connectivity index (χ2v) is 5.79. The Morgan fingerprint density at radius 2 is 1.82 bits per heavy atom. The van der Waals surface area contributed by atoms with Crippen LogP contribution in [0.5, 0.6) is 0 Å². The second kappa shape index (κ2) is 5.51. The normalized spacial score (nSPS) is 12.5. The number of alkyl halides is 1. The smallest absolute Gasteiger partial charge is 0.123 e. The Bertz CT molecular complexity index is 543. The van der Waals surface area contributed by atoms with Gasteiger partial charge in [-0.3, -0.25) is 0 Å². The largest absolute Gasteiger partial charge is 0.207 e. The Kier molecular flexibility index (Phi) is 4.23. The maximum absolute atomic E-state index is 13.1. The third-order valence-corrected chi connectivity index (χ3v) is 4.07. The molecular formula is C13H8Br2ClF. The molecule has 0 aromatic heterocycles. The van der Waals surface area contributed by atoms with Crippen LogP contribution in [0.4, 0.5) is 4.39 Å². The molecule has 2 aromatic carbocycles. The highest BCUT2D eigenvalue weighted by atomic mass is 79.9. The summed E-state index contributed by atoms with van der Waals surface area (Å²) in [7, 11) is 0. The van der Waals surface area contributed by atoms with Gasteiger partial charge in [0.05, 0.1) is 5.38 Å². The lowest BCUT2D eigenvalue weighted by atomic mass is 10.0. The van der Waals surface area contributed by atoms with Crippen molar-refractivity contribution >= 4 is 43.5 Å². The molecule has 0 heterocycles. The summed E-state index contributed by atoms with van der Waals surface area (Å²) in [5.41, 5.74) is 1.65. The molecule has 0 spiro atoms. The zero-order chi connectivity index (χ0) is 12.4. The molecule has 0 fully saturated rings. The minimum absolute atomic E-state index is 0.278. The molecule has 0 bridgehead atoms. The molecule has 0 saturated heterocycles. The van der Waals surface area contributed by atoms with Crippen molar-refractivity contribution in [2.75, 3.05) is 0 Å². The van der Waals surface area contributed by atoms with Crippen LogP contribution in [0.25, 0.3) is 0 Å². The lowest BCUT2D eigenvalue weighted by Crippen LogP contribution is -1.95. The van der Waals surface area contributed by atoms with Crippen LogP contribution in [0.15, 0.2) is 51.4 Å². The van der Waals surface area contributed by atoms with E-state index in [1.165, 1.54) is 12.1 Å². The van der Waals surface area contributed by atoms with Crippen molar-refractivity contribution in [1.82, 2.24) is 0 Å². The first kappa shape index (κ1) is 13.1. The summed E-state index contributed by atoms with van der Waals surface area (Å²) in [5.74, 6) is -0.278. The molecule has 1 unspecified atom stereocenters. The van der Waals surface area contributed by atoms with E-state index in [0.717, 1.165) is 20.1 Å². The number of hydrogen-bond donors (Lipinski definition) is 0. The SMILES string of the molecule is Fc1cccc(C(Cl)c2cc(Br)ccc2Br)c1. The minimum atomic E-state index is -0.377. The fourth-order valence-electron chi connectivity index (χ4n) is 1.55. The van der Waals surface area contributed by atoms with Gasteiger partial charge in [-0.05, 0) is 41.5 Å². The summed E-state index contributed by atoms with van der Waals surface area (Å²) in [4.78, 5) is 0. The molecule has 0 nitrogen and oxygen atoms in total.